The number of hydrogen-bond donors (Lipinski definition) is 2. The predicted octanol–water partition coefficient (Wildman–Crippen LogP) is 3.38. The molecule has 3 aromatic rings. The molecule has 1 aromatic heterocycles. The van der Waals surface area contributed by atoms with E-state index < -0.39 is 0 Å². The molecule has 0 radical (unpaired) electrons. The summed E-state index contributed by atoms with van der Waals surface area (Å²) >= 11 is 6.01. The van der Waals surface area contributed by atoms with Crippen molar-refractivity contribution in [3.05, 3.63) is 92.6 Å². The Morgan fingerprint density at radius 2 is 1.93 bits per heavy atom. The summed E-state index contributed by atoms with van der Waals surface area (Å²) in [5.41, 5.74) is 2.06. The van der Waals surface area contributed by atoms with E-state index in [1.54, 1.807) is 26.2 Å². The van der Waals surface area contributed by atoms with Crippen LogP contribution in [0.2, 0.25) is 5.02 Å². The highest BCUT2D eigenvalue weighted by Crippen LogP contribution is 2.22. The molecule has 2 aromatic carbocycles. The van der Waals surface area contributed by atoms with Crippen molar-refractivity contribution in [2.75, 3.05) is 7.11 Å². The number of aromatic amines is 1. The molecule has 1 unspecified atom stereocenters. The van der Waals surface area contributed by atoms with Crippen LogP contribution in [0.1, 0.15) is 28.7 Å². The molecular weight excluding hydrogens is 390 g/mol. The summed E-state index contributed by atoms with van der Waals surface area (Å²) in [5.74, 6) is 1.04. The number of ether oxygens (including phenoxy) is 1. The van der Waals surface area contributed by atoms with E-state index in [2.05, 4.69) is 15.3 Å². The fourth-order valence-corrected chi connectivity index (χ4v) is 3.30. The van der Waals surface area contributed by atoms with E-state index in [1.807, 2.05) is 36.4 Å². The zero-order valence-corrected chi connectivity index (χ0v) is 17.0. The SMILES string of the molecule is COc1ccccc1CC(=O)NC(Cc1cc(=O)[nH]c(C)n1)c1ccc(Cl)cc1. The van der Waals surface area contributed by atoms with E-state index in [-0.39, 0.29) is 23.9 Å². The monoisotopic (exact) mass is 411 g/mol. The average Bonchev–Trinajstić information content (AvgIpc) is 2.67. The third kappa shape index (κ3) is 5.68. The lowest BCUT2D eigenvalue weighted by molar-refractivity contribution is -0.121. The van der Waals surface area contributed by atoms with Crippen molar-refractivity contribution in [1.82, 2.24) is 15.3 Å². The highest BCUT2D eigenvalue weighted by molar-refractivity contribution is 6.30. The number of hydrogen-bond acceptors (Lipinski definition) is 4. The van der Waals surface area contributed by atoms with Gasteiger partial charge in [0.1, 0.15) is 11.6 Å². The number of benzene rings is 2. The summed E-state index contributed by atoms with van der Waals surface area (Å²) in [4.78, 5) is 31.6. The summed E-state index contributed by atoms with van der Waals surface area (Å²) in [6.45, 7) is 1.72. The summed E-state index contributed by atoms with van der Waals surface area (Å²) in [5, 5.41) is 3.66. The lowest BCUT2D eigenvalue weighted by atomic mass is 10.0. The van der Waals surface area contributed by atoms with Crippen LogP contribution in [0.25, 0.3) is 0 Å². The number of rotatable bonds is 7. The molecule has 0 aliphatic heterocycles. The van der Waals surface area contributed by atoms with Crippen LogP contribution in [0.15, 0.2) is 59.4 Å². The van der Waals surface area contributed by atoms with Gasteiger partial charge in [-0.25, -0.2) is 4.98 Å². The Bertz CT molecular complexity index is 1050. The number of amides is 1. The minimum Gasteiger partial charge on any atom is -0.496 e. The van der Waals surface area contributed by atoms with Gasteiger partial charge in [-0.05, 0) is 30.7 Å². The topological polar surface area (TPSA) is 84.1 Å². The maximum absolute atomic E-state index is 12.8. The van der Waals surface area contributed by atoms with Gasteiger partial charge in [0.25, 0.3) is 5.56 Å². The molecule has 0 bridgehead atoms. The fraction of sp³-hybridized carbons (Fsp3) is 0.227. The van der Waals surface area contributed by atoms with E-state index in [9.17, 15) is 9.59 Å². The van der Waals surface area contributed by atoms with E-state index in [4.69, 9.17) is 16.3 Å². The molecule has 1 heterocycles. The molecule has 0 fully saturated rings. The fourth-order valence-electron chi connectivity index (χ4n) is 3.17. The molecule has 0 saturated heterocycles. The molecule has 0 aliphatic rings. The highest BCUT2D eigenvalue weighted by atomic mass is 35.5. The second-order valence-electron chi connectivity index (χ2n) is 6.69. The Balaban J connectivity index is 1.83. The molecule has 0 saturated carbocycles. The largest absolute Gasteiger partial charge is 0.496 e. The van der Waals surface area contributed by atoms with Gasteiger partial charge in [-0.3, -0.25) is 9.59 Å². The number of nitrogens with one attached hydrogen (secondary N) is 2. The predicted molar refractivity (Wildman–Crippen MR) is 112 cm³/mol. The molecule has 1 amide bonds. The van der Waals surface area contributed by atoms with Gasteiger partial charge in [0.15, 0.2) is 0 Å². The van der Waals surface area contributed by atoms with Crippen LogP contribution < -0.4 is 15.6 Å². The second kappa shape index (κ2) is 9.39. The van der Waals surface area contributed by atoms with Gasteiger partial charge >= 0.3 is 0 Å². The first-order valence-corrected chi connectivity index (χ1v) is 9.56. The third-order valence-corrected chi connectivity index (χ3v) is 4.73. The Morgan fingerprint density at radius 3 is 2.62 bits per heavy atom. The summed E-state index contributed by atoms with van der Waals surface area (Å²) in [6, 6.07) is 15.7. The number of H-pyrrole nitrogens is 1. The first-order valence-electron chi connectivity index (χ1n) is 9.18. The van der Waals surface area contributed by atoms with Crippen LogP contribution in [-0.2, 0) is 17.6 Å². The molecule has 29 heavy (non-hydrogen) atoms. The molecule has 150 valence electrons. The molecule has 0 spiro atoms. The van der Waals surface area contributed by atoms with E-state index in [1.165, 1.54) is 6.07 Å². The van der Waals surface area contributed by atoms with Crippen molar-refractivity contribution in [3.8, 4) is 5.75 Å². The Morgan fingerprint density at radius 1 is 1.21 bits per heavy atom. The van der Waals surface area contributed by atoms with Crippen molar-refractivity contribution in [3.63, 3.8) is 0 Å². The van der Waals surface area contributed by atoms with Crippen LogP contribution in [0, 0.1) is 6.92 Å². The normalized spacial score (nSPS) is 11.7. The standard InChI is InChI=1S/C22H22ClN3O3/c1-14-24-18(13-22(28)25-14)12-19(15-7-9-17(23)10-8-15)26-21(27)11-16-5-3-4-6-20(16)29-2/h3-10,13,19H,11-12H2,1-2H3,(H,26,27)(H,24,25,28). The molecule has 2 N–H and O–H groups in total. The van der Waals surface area contributed by atoms with Gasteiger partial charge in [-0.1, -0.05) is 41.9 Å². The van der Waals surface area contributed by atoms with Crippen molar-refractivity contribution in [2.45, 2.75) is 25.8 Å². The van der Waals surface area contributed by atoms with E-state index >= 15 is 0 Å². The lowest BCUT2D eigenvalue weighted by Gasteiger charge is -2.20. The Kier molecular flexibility index (Phi) is 6.67. The van der Waals surface area contributed by atoms with Crippen molar-refractivity contribution >= 4 is 17.5 Å². The number of para-hydroxylation sites is 1. The van der Waals surface area contributed by atoms with Crippen molar-refractivity contribution in [2.24, 2.45) is 0 Å². The second-order valence-corrected chi connectivity index (χ2v) is 7.12. The summed E-state index contributed by atoms with van der Waals surface area (Å²) < 4.78 is 5.33. The van der Waals surface area contributed by atoms with Crippen molar-refractivity contribution < 1.29 is 9.53 Å². The van der Waals surface area contributed by atoms with Gasteiger partial charge in [0.2, 0.25) is 5.91 Å². The van der Waals surface area contributed by atoms with Gasteiger partial charge in [-0.15, -0.1) is 0 Å². The molecule has 1 atom stereocenters. The number of halogens is 1. The van der Waals surface area contributed by atoms with Crippen LogP contribution in [-0.4, -0.2) is 23.0 Å². The Labute approximate surface area is 173 Å². The number of aryl methyl sites for hydroxylation is 1. The lowest BCUT2D eigenvalue weighted by Crippen LogP contribution is -2.32. The first-order chi connectivity index (χ1) is 13.9. The molecule has 7 heteroatoms. The molecule has 6 nitrogen and oxygen atoms in total. The van der Waals surface area contributed by atoms with Crippen LogP contribution in [0.4, 0.5) is 0 Å². The smallest absolute Gasteiger partial charge is 0.251 e. The van der Waals surface area contributed by atoms with Crippen LogP contribution >= 0.6 is 11.6 Å². The van der Waals surface area contributed by atoms with Gasteiger partial charge < -0.3 is 15.0 Å². The highest BCUT2D eigenvalue weighted by Gasteiger charge is 2.18. The van der Waals surface area contributed by atoms with Crippen LogP contribution in [0.5, 0.6) is 5.75 Å². The first kappa shape index (κ1) is 20.6. The number of carbonyl (C=O) groups is 1. The van der Waals surface area contributed by atoms with Gasteiger partial charge in [-0.2, -0.15) is 0 Å². The van der Waals surface area contributed by atoms with E-state index in [0.717, 1.165) is 11.1 Å². The quantitative estimate of drug-likeness (QED) is 0.624. The van der Waals surface area contributed by atoms with Crippen molar-refractivity contribution in [1.29, 1.82) is 0 Å². The average molecular weight is 412 g/mol. The summed E-state index contributed by atoms with van der Waals surface area (Å²) in [7, 11) is 1.58. The minimum atomic E-state index is -0.358. The number of carbonyl (C=O) groups excluding carboxylic acids is 1. The third-order valence-electron chi connectivity index (χ3n) is 4.48. The Hall–Kier alpha value is -3.12. The van der Waals surface area contributed by atoms with Gasteiger partial charge in [0.05, 0.1) is 25.3 Å². The zero-order valence-electron chi connectivity index (χ0n) is 16.2. The molecular formula is C22H22ClN3O3. The van der Waals surface area contributed by atoms with Crippen LogP contribution in [0.3, 0.4) is 0 Å². The van der Waals surface area contributed by atoms with E-state index in [0.29, 0.717) is 28.7 Å². The maximum atomic E-state index is 12.8. The number of methoxy groups -OCH3 is 1. The zero-order chi connectivity index (χ0) is 20.8. The van der Waals surface area contributed by atoms with Gasteiger partial charge in [0, 0.05) is 23.1 Å². The number of aromatic nitrogens is 2. The minimum absolute atomic E-state index is 0.156. The maximum Gasteiger partial charge on any atom is 0.251 e. The number of nitrogens with zero attached hydrogens (tertiary/aromatic N) is 1. The molecule has 0 aliphatic carbocycles. The molecule has 3 rings (SSSR count). The summed E-state index contributed by atoms with van der Waals surface area (Å²) in [6.07, 6.45) is 0.556.